The minimum Gasteiger partial charge on any atom is -0.328 e. The second kappa shape index (κ2) is 5.17. The lowest BCUT2D eigenvalue weighted by Gasteiger charge is -2.09. The molecule has 0 saturated heterocycles. The van der Waals surface area contributed by atoms with E-state index in [-0.39, 0.29) is 5.78 Å². The number of nitrogens with zero attached hydrogens (tertiary/aromatic N) is 2. The van der Waals surface area contributed by atoms with Gasteiger partial charge in [-0.05, 0) is 31.4 Å². The smallest absolute Gasteiger partial charge is 0.228 e. The molecule has 0 amide bonds. The van der Waals surface area contributed by atoms with Gasteiger partial charge >= 0.3 is 0 Å². The number of aryl methyl sites for hydroxylation is 3. The third kappa shape index (κ3) is 2.21. The first-order chi connectivity index (χ1) is 8.65. The maximum Gasteiger partial charge on any atom is 0.228 e. The van der Waals surface area contributed by atoms with E-state index in [1.54, 1.807) is 6.20 Å². The molecule has 0 radical (unpaired) electrons. The quantitative estimate of drug-likeness (QED) is 0.772. The van der Waals surface area contributed by atoms with Crippen molar-refractivity contribution >= 4 is 5.78 Å². The van der Waals surface area contributed by atoms with Gasteiger partial charge in [-0.25, -0.2) is 4.98 Å². The molecular weight excluding hydrogens is 224 g/mol. The molecule has 18 heavy (non-hydrogen) atoms. The predicted molar refractivity (Wildman–Crippen MR) is 71.9 cm³/mol. The third-order valence-corrected chi connectivity index (χ3v) is 3.09. The number of imidazole rings is 1. The van der Waals surface area contributed by atoms with Crippen LogP contribution in [-0.2, 0) is 6.54 Å². The molecule has 3 heteroatoms. The number of hydrogen-bond donors (Lipinski definition) is 0. The van der Waals surface area contributed by atoms with Gasteiger partial charge < -0.3 is 4.57 Å². The molecular formula is C15H18N2O. The Morgan fingerprint density at radius 1 is 1.28 bits per heavy atom. The van der Waals surface area contributed by atoms with Crippen molar-refractivity contribution in [2.75, 3.05) is 0 Å². The van der Waals surface area contributed by atoms with Gasteiger partial charge in [-0.1, -0.05) is 25.1 Å². The van der Waals surface area contributed by atoms with E-state index in [9.17, 15) is 4.79 Å². The van der Waals surface area contributed by atoms with E-state index in [1.807, 2.05) is 42.8 Å². The monoisotopic (exact) mass is 242 g/mol. The number of ketones is 1. The van der Waals surface area contributed by atoms with Gasteiger partial charge in [0.05, 0.1) is 0 Å². The van der Waals surface area contributed by atoms with Crippen molar-refractivity contribution in [3.8, 4) is 0 Å². The van der Waals surface area contributed by atoms with Gasteiger partial charge in [-0.15, -0.1) is 0 Å². The Bertz CT molecular complexity index is 549. The first-order valence-electron chi connectivity index (χ1n) is 6.27. The minimum atomic E-state index is 0.0176. The zero-order chi connectivity index (χ0) is 13.1. The first kappa shape index (κ1) is 12.6. The normalized spacial score (nSPS) is 10.6. The number of aromatic nitrogens is 2. The molecule has 1 aromatic carbocycles. The van der Waals surface area contributed by atoms with Crippen LogP contribution in [0, 0.1) is 13.8 Å². The van der Waals surface area contributed by atoms with Crippen molar-refractivity contribution in [3.63, 3.8) is 0 Å². The molecule has 2 rings (SSSR count). The molecule has 0 atom stereocenters. The summed E-state index contributed by atoms with van der Waals surface area (Å²) in [6, 6.07) is 5.90. The molecule has 0 fully saturated rings. The maximum atomic E-state index is 12.6. The standard InChI is InChI=1S/C15H18N2O/c1-4-9-17-10-8-16-15(17)14(18)13-11(2)6-5-7-12(13)3/h5-8,10H,4,9H2,1-3H3. The number of carbonyl (C=O) groups excluding carboxylic acids is 1. The molecule has 0 aliphatic rings. The lowest BCUT2D eigenvalue weighted by atomic mass is 9.99. The van der Waals surface area contributed by atoms with Crippen molar-refractivity contribution in [3.05, 3.63) is 53.1 Å². The average Bonchev–Trinajstić information content (AvgIpc) is 2.77. The van der Waals surface area contributed by atoms with Gasteiger partial charge in [-0.3, -0.25) is 4.79 Å². The number of hydrogen-bond acceptors (Lipinski definition) is 2. The molecule has 1 aromatic heterocycles. The van der Waals surface area contributed by atoms with Crippen molar-refractivity contribution in [2.24, 2.45) is 0 Å². The Kier molecular flexibility index (Phi) is 3.60. The van der Waals surface area contributed by atoms with Crippen LogP contribution in [0.5, 0.6) is 0 Å². The van der Waals surface area contributed by atoms with Crippen LogP contribution in [0.3, 0.4) is 0 Å². The molecule has 2 aromatic rings. The second-order valence-corrected chi connectivity index (χ2v) is 4.54. The summed E-state index contributed by atoms with van der Waals surface area (Å²) in [6.45, 7) is 6.85. The highest BCUT2D eigenvalue weighted by Gasteiger charge is 2.18. The Morgan fingerprint density at radius 3 is 2.56 bits per heavy atom. The summed E-state index contributed by atoms with van der Waals surface area (Å²) >= 11 is 0. The fourth-order valence-electron chi connectivity index (χ4n) is 2.22. The zero-order valence-corrected chi connectivity index (χ0v) is 11.1. The molecule has 3 nitrogen and oxygen atoms in total. The molecule has 0 aliphatic heterocycles. The van der Waals surface area contributed by atoms with Crippen LogP contribution < -0.4 is 0 Å². The Hall–Kier alpha value is -1.90. The van der Waals surface area contributed by atoms with E-state index >= 15 is 0 Å². The highest BCUT2D eigenvalue weighted by molar-refractivity contribution is 6.08. The van der Waals surface area contributed by atoms with E-state index in [0.29, 0.717) is 5.82 Å². The summed E-state index contributed by atoms with van der Waals surface area (Å²) in [7, 11) is 0. The van der Waals surface area contributed by atoms with Crippen LogP contribution in [0.1, 0.15) is 40.7 Å². The van der Waals surface area contributed by atoms with Gasteiger partial charge in [0.25, 0.3) is 0 Å². The maximum absolute atomic E-state index is 12.6. The van der Waals surface area contributed by atoms with Crippen LogP contribution in [0.2, 0.25) is 0 Å². The molecule has 94 valence electrons. The van der Waals surface area contributed by atoms with E-state index in [2.05, 4.69) is 11.9 Å². The summed E-state index contributed by atoms with van der Waals surface area (Å²) < 4.78 is 1.92. The highest BCUT2D eigenvalue weighted by atomic mass is 16.1. The van der Waals surface area contributed by atoms with Gasteiger partial charge in [0, 0.05) is 24.5 Å². The Balaban J connectivity index is 2.45. The van der Waals surface area contributed by atoms with E-state index in [4.69, 9.17) is 0 Å². The fraction of sp³-hybridized carbons (Fsp3) is 0.333. The molecule has 0 saturated carbocycles. The van der Waals surface area contributed by atoms with Crippen LogP contribution >= 0.6 is 0 Å². The Morgan fingerprint density at radius 2 is 1.94 bits per heavy atom. The van der Waals surface area contributed by atoms with E-state index in [0.717, 1.165) is 29.7 Å². The Labute approximate surface area is 107 Å². The number of rotatable bonds is 4. The molecule has 0 aliphatic carbocycles. The van der Waals surface area contributed by atoms with Crippen LogP contribution in [-0.4, -0.2) is 15.3 Å². The summed E-state index contributed by atoms with van der Waals surface area (Å²) in [5.41, 5.74) is 2.79. The second-order valence-electron chi connectivity index (χ2n) is 4.54. The lowest BCUT2D eigenvalue weighted by molar-refractivity contribution is 0.102. The molecule has 0 N–H and O–H groups in total. The topological polar surface area (TPSA) is 34.9 Å². The molecule has 0 spiro atoms. The summed E-state index contributed by atoms with van der Waals surface area (Å²) in [6.07, 6.45) is 4.55. The molecule has 0 unspecified atom stereocenters. The predicted octanol–water partition coefficient (Wildman–Crippen LogP) is 3.14. The fourth-order valence-corrected chi connectivity index (χ4v) is 2.22. The third-order valence-electron chi connectivity index (χ3n) is 3.09. The lowest BCUT2D eigenvalue weighted by Crippen LogP contribution is -2.13. The van der Waals surface area contributed by atoms with Gasteiger partial charge in [0.15, 0.2) is 5.82 Å². The van der Waals surface area contributed by atoms with Crippen molar-refractivity contribution in [1.29, 1.82) is 0 Å². The summed E-state index contributed by atoms with van der Waals surface area (Å²) in [5, 5.41) is 0. The van der Waals surface area contributed by atoms with Crippen LogP contribution in [0.4, 0.5) is 0 Å². The zero-order valence-electron chi connectivity index (χ0n) is 11.1. The van der Waals surface area contributed by atoms with Crippen molar-refractivity contribution < 1.29 is 4.79 Å². The number of carbonyl (C=O) groups is 1. The van der Waals surface area contributed by atoms with Gasteiger partial charge in [0.2, 0.25) is 5.78 Å². The van der Waals surface area contributed by atoms with Gasteiger partial charge in [0.1, 0.15) is 0 Å². The molecule has 0 bridgehead atoms. The highest BCUT2D eigenvalue weighted by Crippen LogP contribution is 2.17. The summed E-state index contributed by atoms with van der Waals surface area (Å²) in [5.74, 6) is 0.554. The van der Waals surface area contributed by atoms with Crippen LogP contribution in [0.25, 0.3) is 0 Å². The average molecular weight is 242 g/mol. The molecule has 1 heterocycles. The van der Waals surface area contributed by atoms with Crippen LogP contribution in [0.15, 0.2) is 30.6 Å². The SMILES string of the molecule is CCCn1ccnc1C(=O)c1c(C)cccc1C. The largest absolute Gasteiger partial charge is 0.328 e. The van der Waals surface area contributed by atoms with E-state index < -0.39 is 0 Å². The summed E-state index contributed by atoms with van der Waals surface area (Å²) in [4.78, 5) is 16.8. The minimum absolute atomic E-state index is 0.0176. The van der Waals surface area contributed by atoms with Crippen molar-refractivity contribution in [2.45, 2.75) is 33.7 Å². The van der Waals surface area contributed by atoms with E-state index in [1.165, 1.54) is 0 Å². The number of benzene rings is 1. The van der Waals surface area contributed by atoms with Gasteiger partial charge in [-0.2, -0.15) is 0 Å². The van der Waals surface area contributed by atoms with Crippen molar-refractivity contribution in [1.82, 2.24) is 9.55 Å². The first-order valence-corrected chi connectivity index (χ1v) is 6.27.